The molecule has 0 bridgehead atoms. The molecule has 0 radical (unpaired) electrons. The second-order valence-electron chi connectivity index (χ2n) is 8.35. The second-order valence-corrected chi connectivity index (χ2v) is 9.27. The molecule has 7 nitrogen and oxygen atoms in total. The Morgan fingerprint density at radius 3 is 2.66 bits per heavy atom. The van der Waals surface area contributed by atoms with Crippen LogP contribution in [0.4, 0.5) is 11.6 Å². The molecule has 2 N–H and O–H groups in total. The molecule has 1 aliphatic heterocycles. The van der Waals surface area contributed by atoms with Crippen molar-refractivity contribution in [1.29, 1.82) is 0 Å². The molecule has 1 aliphatic rings. The van der Waals surface area contributed by atoms with Crippen molar-refractivity contribution >= 4 is 33.5 Å². The SMILES string of the molecule is CC1=C(C(=O)Nc2ccccc2C)C(c2ccc(OCc3cccc(Br)c3)cc2)n2ncnc2N1. The van der Waals surface area contributed by atoms with Gasteiger partial charge in [-0.25, -0.2) is 4.68 Å². The molecule has 1 aromatic heterocycles. The van der Waals surface area contributed by atoms with Crippen molar-refractivity contribution in [2.45, 2.75) is 26.5 Å². The van der Waals surface area contributed by atoms with Crippen LogP contribution in [0.1, 0.15) is 29.7 Å². The van der Waals surface area contributed by atoms with Crippen LogP contribution in [0.15, 0.2) is 94.9 Å². The lowest BCUT2D eigenvalue weighted by molar-refractivity contribution is -0.113. The number of rotatable bonds is 6. The van der Waals surface area contributed by atoms with Crippen LogP contribution in [-0.2, 0) is 11.4 Å². The number of hydrogen-bond donors (Lipinski definition) is 2. The summed E-state index contributed by atoms with van der Waals surface area (Å²) in [6, 6.07) is 23.1. The maximum absolute atomic E-state index is 13.5. The fourth-order valence-electron chi connectivity index (χ4n) is 4.14. The number of aryl methyl sites for hydroxylation is 1. The molecular weight excluding hydrogens is 506 g/mol. The molecule has 0 saturated carbocycles. The number of anilines is 2. The number of hydrogen-bond acceptors (Lipinski definition) is 5. The predicted molar refractivity (Wildman–Crippen MR) is 139 cm³/mol. The van der Waals surface area contributed by atoms with E-state index in [4.69, 9.17) is 4.74 Å². The number of fused-ring (bicyclic) bond motifs is 1. The monoisotopic (exact) mass is 529 g/mol. The van der Waals surface area contributed by atoms with Gasteiger partial charge in [-0.2, -0.15) is 10.1 Å². The molecule has 0 spiro atoms. The van der Waals surface area contributed by atoms with Crippen molar-refractivity contribution in [3.8, 4) is 5.75 Å². The number of nitrogens with one attached hydrogen (secondary N) is 2. The average molecular weight is 530 g/mol. The van der Waals surface area contributed by atoms with Crippen LogP contribution in [0.5, 0.6) is 5.75 Å². The summed E-state index contributed by atoms with van der Waals surface area (Å²) in [5.74, 6) is 1.15. The van der Waals surface area contributed by atoms with Crippen LogP contribution in [0.2, 0.25) is 0 Å². The maximum Gasteiger partial charge on any atom is 0.255 e. The minimum Gasteiger partial charge on any atom is -0.489 e. The van der Waals surface area contributed by atoms with Gasteiger partial charge in [0.25, 0.3) is 5.91 Å². The Balaban J connectivity index is 1.42. The zero-order valence-corrected chi connectivity index (χ0v) is 20.9. The summed E-state index contributed by atoms with van der Waals surface area (Å²) in [5, 5.41) is 10.7. The lowest BCUT2D eigenvalue weighted by Gasteiger charge is -2.29. The molecule has 176 valence electrons. The van der Waals surface area contributed by atoms with Crippen molar-refractivity contribution in [3.05, 3.63) is 112 Å². The summed E-state index contributed by atoms with van der Waals surface area (Å²) in [7, 11) is 0. The largest absolute Gasteiger partial charge is 0.489 e. The van der Waals surface area contributed by atoms with Gasteiger partial charge in [-0.3, -0.25) is 4.79 Å². The van der Waals surface area contributed by atoms with Crippen LogP contribution >= 0.6 is 15.9 Å². The van der Waals surface area contributed by atoms with Crippen LogP contribution in [0.25, 0.3) is 0 Å². The van der Waals surface area contributed by atoms with Crippen LogP contribution in [-0.4, -0.2) is 20.7 Å². The normalized spacial score (nSPS) is 14.8. The minimum atomic E-state index is -0.433. The number of ether oxygens (including phenoxy) is 1. The van der Waals surface area contributed by atoms with Gasteiger partial charge < -0.3 is 15.4 Å². The van der Waals surface area contributed by atoms with E-state index in [0.29, 0.717) is 18.1 Å². The molecule has 0 fully saturated rings. The van der Waals surface area contributed by atoms with Crippen LogP contribution in [0.3, 0.4) is 0 Å². The molecule has 1 unspecified atom stereocenters. The third kappa shape index (κ3) is 4.83. The minimum absolute atomic E-state index is 0.189. The topological polar surface area (TPSA) is 81.1 Å². The summed E-state index contributed by atoms with van der Waals surface area (Å²) >= 11 is 3.49. The van der Waals surface area contributed by atoms with Crippen molar-refractivity contribution < 1.29 is 9.53 Å². The van der Waals surface area contributed by atoms with E-state index < -0.39 is 6.04 Å². The summed E-state index contributed by atoms with van der Waals surface area (Å²) < 4.78 is 8.72. The Kier molecular flexibility index (Phi) is 6.37. The first-order chi connectivity index (χ1) is 17.0. The maximum atomic E-state index is 13.5. The molecule has 0 saturated heterocycles. The van der Waals surface area contributed by atoms with Crippen LogP contribution in [0, 0.1) is 6.92 Å². The van der Waals surface area contributed by atoms with Gasteiger partial charge in [0.05, 0.1) is 5.57 Å². The first-order valence-electron chi connectivity index (χ1n) is 11.2. The number of allylic oxidation sites excluding steroid dienone is 1. The number of aromatic nitrogens is 3. The van der Waals surface area contributed by atoms with Gasteiger partial charge in [-0.05, 0) is 60.9 Å². The van der Waals surface area contributed by atoms with E-state index in [0.717, 1.165) is 38.3 Å². The molecule has 4 aromatic rings. The highest BCUT2D eigenvalue weighted by Crippen LogP contribution is 2.36. The number of benzene rings is 3. The van der Waals surface area contributed by atoms with Gasteiger partial charge in [0.1, 0.15) is 24.7 Å². The summed E-state index contributed by atoms with van der Waals surface area (Å²) in [4.78, 5) is 17.8. The highest BCUT2D eigenvalue weighted by atomic mass is 79.9. The van der Waals surface area contributed by atoms with E-state index in [1.807, 2.05) is 86.6 Å². The number of amides is 1. The fraction of sp³-hybridized carbons (Fsp3) is 0.148. The molecule has 1 atom stereocenters. The Hall–Kier alpha value is -3.91. The predicted octanol–water partition coefficient (Wildman–Crippen LogP) is 5.86. The van der Waals surface area contributed by atoms with E-state index in [9.17, 15) is 4.79 Å². The van der Waals surface area contributed by atoms with Crippen molar-refractivity contribution in [1.82, 2.24) is 14.8 Å². The quantitative estimate of drug-likeness (QED) is 0.327. The average Bonchev–Trinajstić information content (AvgIpc) is 3.32. The van der Waals surface area contributed by atoms with E-state index in [-0.39, 0.29) is 5.91 Å². The van der Waals surface area contributed by atoms with E-state index in [1.165, 1.54) is 6.33 Å². The molecule has 5 rings (SSSR count). The molecule has 8 heteroatoms. The highest BCUT2D eigenvalue weighted by Gasteiger charge is 2.33. The first-order valence-corrected chi connectivity index (χ1v) is 12.0. The van der Waals surface area contributed by atoms with Crippen molar-refractivity contribution in [2.24, 2.45) is 0 Å². The number of nitrogens with zero attached hydrogens (tertiary/aromatic N) is 3. The van der Waals surface area contributed by atoms with E-state index >= 15 is 0 Å². The van der Waals surface area contributed by atoms with Gasteiger partial charge in [-0.1, -0.05) is 58.4 Å². The highest BCUT2D eigenvalue weighted by molar-refractivity contribution is 9.10. The number of para-hydroxylation sites is 1. The van der Waals surface area contributed by atoms with E-state index in [1.54, 1.807) is 4.68 Å². The Bertz CT molecular complexity index is 1410. The standard InChI is InChI=1S/C27H24BrN5O2/c1-17-6-3-4-9-23(17)32-26(34)24-18(2)31-27-29-16-30-33(27)25(24)20-10-12-22(13-11-20)35-15-19-7-5-8-21(28)14-19/h3-14,16,25H,15H2,1-2H3,(H,32,34)(H,29,30,31). The second kappa shape index (κ2) is 9.76. The van der Waals surface area contributed by atoms with Crippen LogP contribution < -0.4 is 15.4 Å². The first kappa shape index (κ1) is 22.9. The number of halogens is 1. The number of carbonyl (C=O) groups excluding carboxylic acids is 1. The Labute approximate surface area is 212 Å². The van der Waals surface area contributed by atoms with Crippen molar-refractivity contribution in [2.75, 3.05) is 10.6 Å². The Morgan fingerprint density at radius 1 is 1.09 bits per heavy atom. The molecule has 0 aliphatic carbocycles. The number of carbonyl (C=O) groups is 1. The summed E-state index contributed by atoms with van der Waals surface area (Å²) in [6.45, 7) is 4.31. The lowest BCUT2D eigenvalue weighted by Crippen LogP contribution is -2.31. The Morgan fingerprint density at radius 2 is 1.89 bits per heavy atom. The van der Waals surface area contributed by atoms with E-state index in [2.05, 4.69) is 36.6 Å². The molecule has 35 heavy (non-hydrogen) atoms. The summed E-state index contributed by atoms with van der Waals surface area (Å²) in [6.07, 6.45) is 1.49. The molecule has 1 amide bonds. The van der Waals surface area contributed by atoms with Gasteiger partial charge in [0.2, 0.25) is 5.95 Å². The van der Waals surface area contributed by atoms with Gasteiger partial charge in [0.15, 0.2) is 0 Å². The van der Waals surface area contributed by atoms with Gasteiger partial charge in [-0.15, -0.1) is 0 Å². The third-order valence-corrected chi connectivity index (χ3v) is 6.42. The smallest absolute Gasteiger partial charge is 0.255 e. The van der Waals surface area contributed by atoms with Gasteiger partial charge >= 0.3 is 0 Å². The summed E-state index contributed by atoms with van der Waals surface area (Å²) in [5.41, 5.74) is 5.06. The lowest BCUT2D eigenvalue weighted by atomic mass is 9.95. The molecule has 2 heterocycles. The third-order valence-electron chi connectivity index (χ3n) is 5.92. The molecule has 3 aromatic carbocycles. The zero-order chi connectivity index (χ0) is 24.4. The van der Waals surface area contributed by atoms with Crippen molar-refractivity contribution in [3.63, 3.8) is 0 Å². The zero-order valence-electron chi connectivity index (χ0n) is 19.3. The molecular formula is C27H24BrN5O2. The fourth-order valence-corrected chi connectivity index (χ4v) is 4.58. The van der Waals surface area contributed by atoms with Gasteiger partial charge in [0, 0.05) is 15.9 Å².